The maximum Gasteiger partial charge on any atom is 0.263 e. The summed E-state index contributed by atoms with van der Waals surface area (Å²) in [6.07, 6.45) is 0. The maximum atomic E-state index is 12.8. The SMILES string of the molecule is Cc1ccc(CN(C)C(=O)c2ccc(Cl)c(S(=O)(=O)Nc3ccccc3)c2)cc1. The third-order valence-corrected chi connectivity index (χ3v) is 6.24. The Morgan fingerprint density at radius 3 is 2.31 bits per heavy atom. The van der Waals surface area contributed by atoms with E-state index in [0.29, 0.717) is 12.2 Å². The van der Waals surface area contributed by atoms with Gasteiger partial charge >= 0.3 is 0 Å². The standard InChI is InChI=1S/C22H21ClN2O3S/c1-16-8-10-17(11-9-16)15-25(2)22(26)18-12-13-20(23)21(14-18)29(27,28)24-19-6-4-3-5-7-19/h3-14,24H,15H2,1-2H3. The minimum Gasteiger partial charge on any atom is -0.337 e. The topological polar surface area (TPSA) is 66.5 Å². The van der Waals surface area contributed by atoms with E-state index >= 15 is 0 Å². The molecule has 3 rings (SSSR count). The van der Waals surface area contributed by atoms with Crippen LogP contribution in [0.3, 0.4) is 0 Å². The summed E-state index contributed by atoms with van der Waals surface area (Å²) in [5, 5.41) is 0.0474. The summed E-state index contributed by atoms with van der Waals surface area (Å²) >= 11 is 6.13. The number of nitrogens with zero attached hydrogens (tertiary/aromatic N) is 1. The lowest BCUT2D eigenvalue weighted by atomic mass is 10.1. The molecule has 3 aromatic carbocycles. The molecule has 1 N–H and O–H groups in total. The zero-order chi connectivity index (χ0) is 21.0. The molecule has 0 unspecified atom stereocenters. The number of anilines is 1. The fourth-order valence-corrected chi connectivity index (χ4v) is 4.40. The number of hydrogen-bond donors (Lipinski definition) is 1. The summed E-state index contributed by atoms with van der Waals surface area (Å²) in [5.41, 5.74) is 2.79. The maximum absolute atomic E-state index is 12.8. The molecule has 0 atom stereocenters. The van der Waals surface area contributed by atoms with Crippen molar-refractivity contribution in [2.75, 3.05) is 11.8 Å². The monoisotopic (exact) mass is 428 g/mol. The van der Waals surface area contributed by atoms with Crippen molar-refractivity contribution in [1.82, 2.24) is 4.90 Å². The Labute approximate surface area is 176 Å². The van der Waals surface area contributed by atoms with Gasteiger partial charge in [0, 0.05) is 24.8 Å². The van der Waals surface area contributed by atoms with Crippen LogP contribution in [0.25, 0.3) is 0 Å². The van der Waals surface area contributed by atoms with E-state index in [4.69, 9.17) is 11.6 Å². The van der Waals surface area contributed by atoms with Gasteiger partial charge in [-0.05, 0) is 42.8 Å². The van der Waals surface area contributed by atoms with Gasteiger partial charge < -0.3 is 4.90 Å². The van der Waals surface area contributed by atoms with Gasteiger partial charge in [0.1, 0.15) is 4.90 Å². The van der Waals surface area contributed by atoms with Crippen molar-refractivity contribution in [3.63, 3.8) is 0 Å². The molecule has 7 heteroatoms. The van der Waals surface area contributed by atoms with E-state index in [2.05, 4.69) is 4.72 Å². The number of amides is 1. The van der Waals surface area contributed by atoms with Gasteiger partial charge in [-0.2, -0.15) is 0 Å². The van der Waals surface area contributed by atoms with Crippen molar-refractivity contribution >= 4 is 33.2 Å². The molecule has 0 aliphatic rings. The zero-order valence-electron chi connectivity index (χ0n) is 16.1. The van der Waals surface area contributed by atoms with E-state index in [1.54, 1.807) is 37.4 Å². The Kier molecular flexibility index (Phi) is 6.25. The van der Waals surface area contributed by atoms with E-state index in [1.807, 2.05) is 31.2 Å². The van der Waals surface area contributed by atoms with Crippen molar-refractivity contribution in [2.24, 2.45) is 0 Å². The summed E-state index contributed by atoms with van der Waals surface area (Å²) < 4.78 is 28.0. The van der Waals surface area contributed by atoms with E-state index in [-0.39, 0.29) is 21.4 Å². The van der Waals surface area contributed by atoms with Crippen LogP contribution in [0.4, 0.5) is 5.69 Å². The zero-order valence-corrected chi connectivity index (χ0v) is 17.7. The van der Waals surface area contributed by atoms with Crippen LogP contribution in [0.2, 0.25) is 5.02 Å². The van der Waals surface area contributed by atoms with Crippen LogP contribution in [0.15, 0.2) is 77.7 Å². The molecule has 0 aliphatic carbocycles. The number of carbonyl (C=O) groups excluding carboxylic acids is 1. The third-order valence-electron chi connectivity index (χ3n) is 4.38. The first-order chi connectivity index (χ1) is 13.8. The number of halogens is 1. The van der Waals surface area contributed by atoms with Gasteiger partial charge in [0.2, 0.25) is 0 Å². The third kappa shape index (κ3) is 5.16. The second-order valence-corrected chi connectivity index (χ2v) is 8.82. The minimum atomic E-state index is -3.94. The Bertz CT molecular complexity index is 1110. The van der Waals surface area contributed by atoms with Gasteiger partial charge in [0.25, 0.3) is 15.9 Å². The average molecular weight is 429 g/mol. The van der Waals surface area contributed by atoms with Gasteiger partial charge in [-0.15, -0.1) is 0 Å². The largest absolute Gasteiger partial charge is 0.337 e. The van der Waals surface area contributed by atoms with Crippen molar-refractivity contribution in [3.8, 4) is 0 Å². The summed E-state index contributed by atoms with van der Waals surface area (Å²) in [4.78, 5) is 14.2. The molecule has 0 aliphatic heterocycles. The van der Waals surface area contributed by atoms with Gasteiger partial charge in [0.15, 0.2) is 0 Å². The van der Waals surface area contributed by atoms with E-state index in [9.17, 15) is 13.2 Å². The molecular weight excluding hydrogens is 408 g/mol. The average Bonchev–Trinajstić information content (AvgIpc) is 2.70. The second kappa shape index (κ2) is 8.68. The highest BCUT2D eigenvalue weighted by atomic mass is 35.5. The van der Waals surface area contributed by atoms with E-state index in [0.717, 1.165) is 11.1 Å². The number of hydrogen-bond acceptors (Lipinski definition) is 3. The smallest absolute Gasteiger partial charge is 0.263 e. The van der Waals surface area contributed by atoms with Gasteiger partial charge in [-0.25, -0.2) is 8.42 Å². The van der Waals surface area contributed by atoms with Crippen LogP contribution in [0.5, 0.6) is 0 Å². The Hall–Kier alpha value is -2.83. The van der Waals surface area contributed by atoms with Crippen LogP contribution < -0.4 is 4.72 Å². The molecule has 0 radical (unpaired) electrons. The van der Waals surface area contributed by atoms with Crippen molar-refractivity contribution in [3.05, 3.63) is 94.5 Å². The number of carbonyl (C=O) groups is 1. The first kappa shape index (κ1) is 20.9. The van der Waals surface area contributed by atoms with Crippen LogP contribution in [0.1, 0.15) is 21.5 Å². The summed E-state index contributed by atoms with van der Waals surface area (Å²) in [5.74, 6) is -0.293. The first-order valence-electron chi connectivity index (χ1n) is 8.95. The highest BCUT2D eigenvalue weighted by Crippen LogP contribution is 2.25. The van der Waals surface area contributed by atoms with Crippen LogP contribution in [-0.2, 0) is 16.6 Å². The molecular formula is C22H21ClN2O3S. The summed E-state index contributed by atoms with van der Waals surface area (Å²) in [7, 11) is -2.27. The summed E-state index contributed by atoms with van der Waals surface area (Å²) in [6.45, 7) is 2.41. The number of sulfonamides is 1. The molecule has 0 saturated carbocycles. The lowest BCUT2D eigenvalue weighted by Gasteiger charge is -2.18. The first-order valence-corrected chi connectivity index (χ1v) is 10.8. The quantitative estimate of drug-likeness (QED) is 0.617. The van der Waals surface area contributed by atoms with Crippen LogP contribution >= 0.6 is 11.6 Å². The van der Waals surface area contributed by atoms with Crippen molar-refractivity contribution in [2.45, 2.75) is 18.4 Å². The molecule has 3 aromatic rings. The fourth-order valence-electron chi connectivity index (χ4n) is 2.82. The molecule has 0 fully saturated rings. The molecule has 0 spiro atoms. The minimum absolute atomic E-state index is 0.0474. The van der Waals surface area contributed by atoms with E-state index in [1.165, 1.54) is 23.1 Å². The van der Waals surface area contributed by atoms with E-state index < -0.39 is 10.0 Å². The predicted octanol–water partition coefficient (Wildman–Crippen LogP) is 4.72. The lowest BCUT2D eigenvalue weighted by molar-refractivity contribution is 0.0785. The van der Waals surface area contributed by atoms with Gasteiger partial charge in [0.05, 0.1) is 5.02 Å². The molecule has 0 saturated heterocycles. The Balaban J connectivity index is 1.83. The number of rotatable bonds is 6. The Morgan fingerprint density at radius 1 is 1.00 bits per heavy atom. The predicted molar refractivity (Wildman–Crippen MR) is 116 cm³/mol. The Morgan fingerprint density at radius 2 is 1.66 bits per heavy atom. The van der Waals surface area contributed by atoms with Crippen LogP contribution in [-0.4, -0.2) is 26.3 Å². The number of nitrogens with one attached hydrogen (secondary N) is 1. The molecule has 0 aromatic heterocycles. The lowest BCUT2D eigenvalue weighted by Crippen LogP contribution is -2.26. The highest BCUT2D eigenvalue weighted by molar-refractivity contribution is 7.92. The molecule has 5 nitrogen and oxygen atoms in total. The normalized spacial score (nSPS) is 11.1. The molecule has 29 heavy (non-hydrogen) atoms. The number of para-hydroxylation sites is 1. The van der Waals surface area contributed by atoms with Crippen molar-refractivity contribution in [1.29, 1.82) is 0 Å². The van der Waals surface area contributed by atoms with Gasteiger partial charge in [-0.3, -0.25) is 9.52 Å². The van der Waals surface area contributed by atoms with Crippen molar-refractivity contribution < 1.29 is 13.2 Å². The number of aryl methyl sites for hydroxylation is 1. The molecule has 150 valence electrons. The molecule has 0 heterocycles. The molecule has 0 bridgehead atoms. The van der Waals surface area contributed by atoms with Gasteiger partial charge in [-0.1, -0.05) is 59.6 Å². The summed E-state index contributed by atoms with van der Waals surface area (Å²) in [6, 6.07) is 20.6. The second-order valence-electron chi connectivity index (χ2n) is 6.76. The highest BCUT2D eigenvalue weighted by Gasteiger charge is 2.21. The fraction of sp³-hybridized carbons (Fsp3) is 0.136. The van der Waals surface area contributed by atoms with Crippen LogP contribution in [0, 0.1) is 6.92 Å². The number of benzene rings is 3. The molecule has 1 amide bonds.